The molecule has 7 rings (SSSR count). The van der Waals surface area contributed by atoms with Crippen LogP contribution in [0.4, 0.5) is 13.2 Å². The zero-order chi connectivity index (χ0) is 28.8. The van der Waals surface area contributed by atoms with Crippen LogP contribution in [-0.2, 0) is 11.3 Å². The van der Waals surface area contributed by atoms with E-state index in [1.54, 1.807) is 0 Å². The van der Waals surface area contributed by atoms with Gasteiger partial charge in [-0.1, -0.05) is 35.9 Å². The van der Waals surface area contributed by atoms with E-state index in [-0.39, 0.29) is 11.6 Å². The summed E-state index contributed by atoms with van der Waals surface area (Å²) in [5.74, 6) is -0.313. The number of nitrogens with two attached hydrogens (primary N) is 1. The Bertz CT molecular complexity index is 1580. The largest absolute Gasteiger partial charge is 0.468 e. The third kappa shape index (κ3) is 5.74. The molecule has 0 radical (unpaired) electrons. The van der Waals surface area contributed by atoms with Crippen LogP contribution in [0, 0.1) is 11.3 Å². The molecule has 0 bridgehead atoms. The van der Waals surface area contributed by atoms with Crippen LogP contribution < -0.4 is 10.5 Å². The van der Waals surface area contributed by atoms with Gasteiger partial charge in [0.05, 0.1) is 24.1 Å². The number of fused-ring (bicyclic) bond motifs is 1. The number of primary amides is 1. The van der Waals surface area contributed by atoms with Crippen LogP contribution in [0.3, 0.4) is 0 Å². The summed E-state index contributed by atoms with van der Waals surface area (Å²) in [5, 5.41) is 0.752. The first-order chi connectivity index (χ1) is 19.6. The number of aromatic nitrogens is 3. The molecular formula is C29H27ClF3N5O3. The third-order valence-electron chi connectivity index (χ3n) is 7.84. The minimum absolute atomic E-state index is 0.144. The molecule has 1 amide bonds. The molecule has 5 heterocycles. The number of amides is 1. The van der Waals surface area contributed by atoms with Crippen molar-refractivity contribution in [3.05, 3.63) is 83.3 Å². The molecule has 2 N–H and O–H groups in total. The summed E-state index contributed by atoms with van der Waals surface area (Å²) in [6, 6.07) is 18.0. The van der Waals surface area contributed by atoms with Gasteiger partial charge in [-0.25, -0.2) is 9.97 Å². The molecule has 3 atom stereocenters. The van der Waals surface area contributed by atoms with Crippen molar-refractivity contribution in [2.45, 2.75) is 25.2 Å². The van der Waals surface area contributed by atoms with E-state index in [9.17, 15) is 18.0 Å². The Hall–Kier alpha value is -3.67. The first kappa shape index (κ1) is 27.5. The van der Waals surface area contributed by atoms with Gasteiger partial charge < -0.3 is 19.6 Å². The number of imidazole rings is 1. The van der Waals surface area contributed by atoms with E-state index in [4.69, 9.17) is 27.1 Å². The molecule has 1 spiro atoms. The lowest BCUT2D eigenvalue weighted by atomic mass is 10.0. The number of ether oxygens (including phenoxy) is 2. The average molecular weight is 586 g/mol. The Morgan fingerprint density at radius 1 is 1.12 bits per heavy atom. The van der Waals surface area contributed by atoms with Crippen molar-refractivity contribution in [3.8, 4) is 17.1 Å². The Balaban J connectivity index is 0.000000174. The topological polar surface area (TPSA) is 95.0 Å². The van der Waals surface area contributed by atoms with Crippen molar-refractivity contribution in [1.82, 2.24) is 19.3 Å². The molecule has 12 heteroatoms. The van der Waals surface area contributed by atoms with Crippen molar-refractivity contribution in [3.63, 3.8) is 0 Å². The lowest BCUT2D eigenvalue weighted by molar-refractivity contribution is -0.154. The number of carbonyl (C=O) groups is 1. The van der Waals surface area contributed by atoms with E-state index in [2.05, 4.69) is 49.5 Å². The van der Waals surface area contributed by atoms with Crippen molar-refractivity contribution >= 4 is 23.2 Å². The standard InChI is InChI=1S/C21H20ClN3O.C8H7F3N2O2/c22-16-6-4-14(5-7-16)20-17(25-8-2-1-3-19(25)23-20)10-24-11-18-21(13-24)9-15(21)12-26-18;9-8(10,11)4-15-6-3-1-2-5(13-6)7(12)14/h1-8,15,18H,9-13H2;1-3H,4H2,(H2,12,14). The SMILES string of the molecule is Clc1ccc(-c2nc3ccccn3c2CN2CC3OCC4CC43C2)cc1.NC(=O)c1cccc(OCC(F)(F)F)n1. The molecule has 4 aromatic rings. The predicted molar refractivity (Wildman–Crippen MR) is 145 cm³/mol. The van der Waals surface area contributed by atoms with Gasteiger partial charge in [-0.2, -0.15) is 13.2 Å². The molecule has 8 nitrogen and oxygen atoms in total. The number of likely N-dealkylation sites (tertiary alicyclic amines) is 1. The molecule has 214 valence electrons. The van der Waals surface area contributed by atoms with Crippen LogP contribution in [0.5, 0.6) is 5.88 Å². The van der Waals surface area contributed by atoms with Gasteiger partial charge in [-0.3, -0.25) is 9.69 Å². The van der Waals surface area contributed by atoms with E-state index >= 15 is 0 Å². The minimum atomic E-state index is -4.44. The summed E-state index contributed by atoms with van der Waals surface area (Å²) >= 11 is 6.08. The van der Waals surface area contributed by atoms with E-state index < -0.39 is 18.7 Å². The van der Waals surface area contributed by atoms with Gasteiger partial charge in [-0.05, 0) is 42.7 Å². The number of carbonyl (C=O) groups excluding carboxylic acids is 1. The van der Waals surface area contributed by atoms with Gasteiger partial charge in [0, 0.05) is 47.9 Å². The number of halogens is 4. The van der Waals surface area contributed by atoms with E-state index in [1.807, 2.05) is 18.2 Å². The Morgan fingerprint density at radius 2 is 1.93 bits per heavy atom. The maximum Gasteiger partial charge on any atom is 0.422 e. The number of hydrogen-bond acceptors (Lipinski definition) is 6. The molecule has 2 saturated heterocycles. The van der Waals surface area contributed by atoms with Crippen LogP contribution in [0.25, 0.3) is 16.9 Å². The number of alkyl halides is 3. The fourth-order valence-electron chi connectivity index (χ4n) is 5.82. The van der Waals surface area contributed by atoms with Crippen molar-refractivity contribution < 1.29 is 27.4 Å². The second-order valence-electron chi connectivity index (χ2n) is 10.6. The number of nitrogens with zero attached hydrogens (tertiary/aromatic N) is 4. The van der Waals surface area contributed by atoms with Gasteiger partial charge in [0.25, 0.3) is 5.91 Å². The lowest BCUT2D eigenvalue weighted by Crippen LogP contribution is -2.24. The summed E-state index contributed by atoms with van der Waals surface area (Å²) in [5.41, 5.74) is 9.61. The molecule has 1 aliphatic carbocycles. The fourth-order valence-corrected chi connectivity index (χ4v) is 5.95. The van der Waals surface area contributed by atoms with Crippen molar-refractivity contribution in [2.24, 2.45) is 17.1 Å². The average Bonchev–Trinajstić information content (AvgIpc) is 3.19. The predicted octanol–water partition coefficient (Wildman–Crippen LogP) is 5.00. The molecule has 3 unspecified atom stereocenters. The number of benzene rings is 1. The molecular weight excluding hydrogens is 559 g/mol. The molecule has 3 aliphatic rings. The molecule has 1 aromatic carbocycles. The smallest absolute Gasteiger partial charge is 0.422 e. The molecule has 2 aliphatic heterocycles. The van der Waals surface area contributed by atoms with Gasteiger partial charge in [0.15, 0.2) is 6.61 Å². The highest BCUT2D eigenvalue weighted by atomic mass is 35.5. The first-order valence-electron chi connectivity index (χ1n) is 13.1. The maximum atomic E-state index is 11.8. The third-order valence-corrected chi connectivity index (χ3v) is 8.09. The highest BCUT2D eigenvalue weighted by Crippen LogP contribution is 2.63. The first-order valence-corrected chi connectivity index (χ1v) is 13.5. The van der Waals surface area contributed by atoms with Gasteiger partial charge in [0.1, 0.15) is 11.3 Å². The molecule has 1 saturated carbocycles. The zero-order valence-electron chi connectivity index (χ0n) is 21.9. The molecule has 3 fully saturated rings. The minimum Gasteiger partial charge on any atom is -0.468 e. The zero-order valence-corrected chi connectivity index (χ0v) is 22.6. The summed E-state index contributed by atoms with van der Waals surface area (Å²) in [6.45, 7) is 2.61. The quantitative estimate of drug-likeness (QED) is 0.342. The van der Waals surface area contributed by atoms with Crippen LogP contribution in [-0.4, -0.2) is 63.8 Å². The van der Waals surface area contributed by atoms with Gasteiger partial charge in [0.2, 0.25) is 5.88 Å². The van der Waals surface area contributed by atoms with Crippen molar-refractivity contribution in [2.75, 3.05) is 26.3 Å². The Morgan fingerprint density at radius 3 is 2.63 bits per heavy atom. The highest BCUT2D eigenvalue weighted by molar-refractivity contribution is 6.30. The maximum absolute atomic E-state index is 11.8. The Kier molecular flexibility index (Phi) is 7.13. The summed E-state index contributed by atoms with van der Waals surface area (Å²) in [7, 11) is 0. The van der Waals surface area contributed by atoms with Crippen LogP contribution >= 0.6 is 11.6 Å². The fraction of sp³-hybridized carbons (Fsp3) is 0.345. The summed E-state index contributed by atoms with van der Waals surface area (Å²) in [6.07, 6.45) is -0.538. The Labute approximate surface area is 238 Å². The van der Waals surface area contributed by atoms with E-state index in [0.717, 1.165) is 54.1 Å². The van der Waals surface area contributed by atoms with Crippen LogP contribution in [0.2, 0.25) is 5.02 Å². The monoisotopic (exact) mass is 585 g/mol. The van der Waals surface area contributed by atoms with Crippen LogP contribution in [0.15, 0.2) is 66.9 Å². The lowest BCUT2D eigenvalue weighted by Gasteiger charge is -2.17. The normalized spacial score (nSPS) is 23.0. The number of rotatable bonds is 6. The second-order valence-corrected chi connectivity index (χ2v) is 11.0. The van der Waals surface area contributed by atoms with Crippen molar-refractivity contribution in [1.29, 1.82) is 0 Å². The van der Waals surface area contributed by atoms with E-state index in [0.29, 0.717) is 11.5 Å². The van der Waals surface area contributed by atoms with Gasteiger partial charge in [-0.15, -0.1) is 0 Å². The molecule has 3 aromatic heterocycles. The van der Waals surface area contributed by atoms with E-state index in [1.165, 1.54) is 30.3 Å². The molecule has 41 heavy (non-hydrogen) atoms. The number of pyridine rings is 2. The summed E-state index contributed by atoms with van der Waals surface area (Å²) < 4.78 is 47.8. The summed E-state index contributed by atoms with van der Waals surface area (Å²) in [4.78, 5) is 21.6. The van der Waals surface area contributed by atoms with Gasteiger partial charge >= 0.3 is 6.18 Å². The highest BCUT2D eigenvalue weighted by Gasteiger charge is 2.67. The second kappa shape index (κ2) is 10.6. The number of hydrogen-bond donors (Lipinski definition) is 1. The van der Waals surface area contributed by atoms with Crippen LogP contribution in [0.1, 0.15) is 22.6 Å².